The van der Waals surface area contributed by atoms with Gasteiger partial charge >= 0.3 is 6.03 Å². The van der Waals surface area contributed by atoms with Gasteiger partial charge in [-0.05, 0) is 64.5 Å². The largest absolute Gasteiger partial charge is 0.376 e. The maximum absolute atomic E-state index is 12.2. The molecule has 0 bridgehead atoms. The lowest BCUT2D eigenvalue weighted by Gasteiger charge is -2.29. The summed E-state index contributed by atoms with van der Waals surface area (Å²) in [5.74, 6) is 0. The fourth-order valence-electron chi connectivity index (χ4n) is 2.78. The van der Waals surface area contributed by atoms with Gasteiger partial charge in [0.25, 0.3) is 0 Å². The van der Waals surface area contributed by atoms with E-state index in [0.717, 1.165) is 37.2 Å². The summed E-state index contributed by atoms with van der Waals surface area (Å²) in [6.45, 7) is 7.72. The molecule has 0 unspecified atom stereocenters. The van der Waals surface area contributed by atoms with Crippen LogP contribution < -0.4 is 10.6 Å². The van der Waals surface area contributed by atoms with E-state index in [4.69, 9.17) is 9.47 Å². The van der Waals surface area contributed by atoms with Crippen LogP contribution in [-0.2, 0) is 16.1 Å². The predicted octanol–water partition coefficient (Wildman–Crippen LogP) is 2.84. The zero-order valence-electron chi connectivity index (χ0n) is 15.6. The first kappa shape index (κ1) is 19.7. The van der Waals surface area contributed by atoms with Gasteiger partial charge in [-0.15, -0.1) is 0 Å². The van der Waals surface area contributed by atoms with Crippen molar-refractivity contribution < 1.29 is 14.3 Å². The number of ether oxygens (including phenoxy) is 2. The highest BCUT2D eigenvalue weighted by Crippen LogP contribution is 2.13. The third kappa shape index (κ3) is 7.86. The second-order valence-corrected chi connectivity index (χ2v) is 6.85. The smallest absolute Gasteiger partial charge is 0.319 e. The Morgan fingerprint density at radius 1 is 1.28 bits per heavy atom. The molecule has 25 heavy (non-hydrogen) atoms. The Kier molecular flexibility index (Phi) is 8.18. The van der Waals surface area contributed by atoms with Crippen molar-refractivity contribution in [1.82, 2.24) is 10.2 Å². The molecule has 0 aliphatic carbocycles. The molecule has 1 aromatic carbocycles. The van der Waals surface area contributed by atoms with Gasteiger partial charge in [0.2, 0.25) is 0 Å². The highest BCUT2D eigenvalue weighted by Gasteiger charge is 2.18. The lowest BCUT2D eigenvalue weighted by Crippen LogP contribution is -2.44. The van der Waals surface area contributed by atoms with Crippen molar-refractivity contribution in [3.8, 4) is 0 Å². The monoisotopic (exact) mass is 349 g/mol. The molecule has 1 saturated heterocycles. The van der Waals surface area contributed by atoms with Crippen molar-refractivity contribution in [3.63, 3.8) is 0 Å². The molecule has 1 heterocycles. The SMILES string of the molecule is CC(C)OCCOCc1cccc(NC(=O)NC2CCN(C)CC2)c1. The number of nitrogens with zero attached hydrogens (tertiary/aromatic N) is 1. The molecule has 6 nitrogen and oxygen atoms in total. The van der Waals surface area contributed by atoms with Crippen LogP contribution in [0.4, 0.5) is 10.5 Å². The van der Waals surface area contributed by atoms with Crippen LogP contribution in [0.1, 0.15) is 32.3 Å². The van der Waals surface area contributed by atoms with Crippen LogP contribution in [0.25, 0.3) is 0 Å². The first-order chi connectivity index (χ1) is 12.0. The van der Waals surface area contributed by atoms with Gasteiger partial charge < -0.3 is 25.0 Å². The Labute approximate surface area is 150 Å². The lowest BCUT2D eigenvalue weighted by molar-refractivity contribution is 0.0143. The number of hydrogen-bond acceptors (Lipinski definition) is 4. The van der Waals surface area contributed by atoms with E-state index in [1.165, 1.54) is 0 Å². The molecule has 140 valence electrons. The number of hydrogen-bond donors (Lipinski definition) is 2. The fraction of sp³-hybridized carbons (Fsp3) is 0.632. The molecule has 0 radical (unpaired) electrons. The van der Waals surface area contributed by atoms with Gasteiger partial charge in [-0.1, -0.05) is 12.1 Å². The quantitative estimate of drug-likeness (QED) is 0.709. The first-order valence-corrected chi connectivity index (χ1v) is 9.07. The number of nitrogens with one attached hydrogen (secondary N) is 2. The number of carbonyl (C=O) groups is 1. The molecule has 0 spiro atoms. The number of benzene rings is 1. The highest BCUT2D eigenvalue weighted by molar-refractivity contribution is 5.89. The molecule has 1 aromatic rings. The molecular weight excluding hydrogens is 318 g/mol. The van der Waals surface area contributed by atoms with Crippen LogP contribution >= 0.6 is 0 Å². The van der Waals surface area contributed by atoms with E-state index in [2.05, 4.69) is 22.6 Å². The maximum atomic E-state index is 12.2. The van der Waals surface area contributed by atoms with Crippen molar-refractivity contribution >= 4 is 11.7 Å². The molecule has 2 amide bonds. The fourth-order valence-corrected chi connectivity index (χ4v) is 2.78. The zero-order valence-corrected chi connectivity index (χ0v) is 15.6. The van der Waals surface area contributed by atoms with Gasteiger partial charge in [0.15, 0.2) is 0 Å². The summed E-state index contributed by atoms with van der Waals surface area (Å²) in [5, 5.41) is 5.97. The van der Waals surface area contributed by atoms with Crippen LogP contribution in [0.3, 0.4) is 0 Å². The van der Waals surface area contributed by atoms with E-state index in [9.17, 15) is 4.79 Å². The Hall–Kier alpha value is -1.63. The number of piperidine rings is 1. The molecule has 1 aliphatic rings. The standard InChI is InChI=1S/C19H31N3O3/c1-15(2)25-12-11-24-14-16-5-4-6-18(13-16)21-19(23)20-17-7-9-22(3)10-8-17/h4-6,13,15,17H,7-12,14H2,1-3H3,(H2,20,21,23). The van der Waals surface area contributed by atoms with Crippen molar-refractivity contribution in [2.45, 2.75) is 45.4 Å². The van der Waals surface area contributed by atoms with E-state index < -0.39 is 0 Å². The van der Waals surface area contributed by atoms with Gasteiger partial charge in [0.1, 0.15) is 0 Å². The normalized spacial score (nSPS) is 16.2. The van der Waals surface area contributed by atoms with Crippen LogP contribution in [0.5, 0.6) is 0 Å². The molecule has 6 heteroatoms. The third-order valence-corrected chi connectivity index (χ3v) is 4.19. The number of carbonyl (C=O) groups excluding carboxylic acids is 1. The third-order valence-electron chi connectivity index (χ3n) is 4.19. The molecule has 0 saturated carbocycles. The lowest BCUT2D eigenvalue weighted by atomic mass is 10.1. The molecule has 1 aliphatic heterocycles. The van der Waals surface area contributed by atoms with Gasteiger partial charge in [0.05, 0.1) is 25.9 Å². The second kappa shape index (κ2) is 10.4. The molecule has 2 rings (SSSR count). The first-order valence-electron chi connectivity index (χ1n) is 9.07. The summed E-state index contributed by atoms with van der Waals surface area (Å²) in [7, 11) is 2.11. The summed E-state index contributed by atoms with van der Waals surface area (Å²) in [6, 6.07) is 7.86. The second-order valence-electron chi connectivity index (χ2n) is 6.85. The average molecular weight is 349 g/mol. The van der Waals surface area contributed by atoms with E-state index >= 15 is 0 Å². The van der Waals surface area contributed by atoms with E-state index in [-0.39, 0.29) is 18.2 Å². The number of amides is 2. The van der Waals surface area contributed by atoms with Crippen molar-refractivity contribution in [3.05, 3.63) is 29.8 Å². The molecule has 0 aromatic heterocycles. The van der Waals surface area contributed by atoms with Crippen LogP contribution in [-0.4, -0.2) is 56.4 Å². The summed E-state index contributed by atoms with van der Waals surface area (Å²) in [5.41, 5.74) is 1.81. The van der Waals surface area contributed by atoms with Gasteiger partial charge in [0, 0.05) is 11.7 Å². The van der Waals surface area contributed by atoms with Crippen molar-refractivity contribution in [2.24, 2.45) is 0 Å². The Balaban J connectivity index is 1.71. The molecule has 2 N–H and O–H groups in total. The number of urea groups is 1. The number of likely N-dealkylation sites (tertiary alicyclic amines) is 1. The van der Waals surface area contributed by atoms with E-state index in [0.29, 0.717) is 19.8 Å². The van der Waals surface area contributed by atoms with E-state index in [1.54, 1.807) is 0 Å². The molecular formula is C19H31N3O3. The predicted molar refractivity (Wildman–Crippen MR) is 99.9 cm³/mol. The molecule has 1 fully saturated rings. The van der Waals surface area contributed by atoms with Gasteiger partial charge in [-0.3, -0.25) is 0 Å². The van der Waals surface area contributed by atoms with Crippen molar-refractivity contribution in [1.29, 1.82) is 0 Å². The average Bonchev–Trinajstić information content (AvgIpc) is 2.57. The number of rotatable bonds is 8. The van der Waals surface area contributed by atoms with Crippen molar-refractivity contribution in [2.75, 3.05) is 38.7 Å². The van der Waals surface area contributed by atoms with Gasteiger partial charge in [-0.25, -0.2) is 4.79 Å². The highest BCUT2D eigenvalue weighted by atomic mass is 16.5. The minimum absolute atomic E-state index is 0.141. The topological polar surface area (TPSA) is 62.8 Å². The zero-order chi connectivity index (χ0) is 18.1. The summed E-state index contributed by atoms with van der Waals surface area (Å²) in [4.78, 5) is 14.4. The summed E-state index contributed by atoms with van der Waals surface area (Å²) >= 11 is 0. The Morgan fingerprint density at radius 2 is 2.04 bits per heavy atom. The summed E-state index contributed by atoms with van der Waals surface area (Å²) in [6.07, 6.45) is 2.21. The van der Waals surface area contributed by atoms with Crippen LogP contribution in [0.2, 0.25) is 0 Å². The maximum Gasteiger partial charge on any atom is 0.319 e. The van der Waals surface area contributed by atoms with Gasteiger partial charge in [-0.2, -0.15) is 0 Å². The Bertz CT molecular complexity index is 528. The number of anilines is 1. The van der Waals surface area contributed by atoms with Crippen LogP contribution in [0.15, 0.2) is 24.3 Å². The Morgan fingerprint density at radius 3 is 2.76 bits per heavy atom. The van der Waals surface area contributed by atoms with E-state index in [1.807, 2.05) is 38.1 Å². The van der Waals surface area contributed by atoms with Crippen LogP contribution in [0, 0.1) is 0 Å². The molecule has 0 atom stereocenters. The summed E-state index contributed by atoms with van der Waals surface area (Å²) < 4.78 is 11.0. The minimum Gasteiger partial charge on any atom is -0.376 e. The minimum atomic E-state index is -0.141.